The summed E-state index contributed by atoms with van der Waals surface area (Å²) in [5.41, 5.74) is 0.724. The summed E-state index contributed by atoms with van der Waals surface area (Å²) in [7, 11) is -2.66. The second-order valence-electron chi connectivity index (χ2n) is 6.13. The second kappa shape index (κ2) is 9.03. The van der Waals surface area contributed by atoms with Crippen LogP contribution in [-0.4, -0.2) is 32.6 Å². The van der Waals surface area contributed by atoms with Gasteiger partial charge in [0.05, 0.1) is 38.1 Å². The maximum Gasteiger partial charge on any atom is 0.264 e. The monoisotopic (exact) mass is 465 g/mol. The average molecular weight is 466 g/mol. The van der Waals surface area contributed by atoms with Crippen LogP contribution in [0.4, 0.5) is 15.8 Å². The maximum absolute atomic E-state index is 13.1. The molecule has 3 rings (SSSR count). The van der Waals surface area contributed by atoms with E-state index in [2.05, 4.69) is 10.3 Å². The number of carbonyl (C=O) groups is 1. The van der Waals surface area contributed by atoms with E-state index in [0.29, 0.717) is 5.69 Å². The highest BCUT2D eigenvalue weighted by Gasteiger charge is 2.24. The number of pyridine rings is 1. The molecule has 1 heterocycles. The highest BCUT2D eigenvalue weighted by atomic mass is 35.5. The van der Waals surface area contributed by atoms with Gasteiger partial charge in [-0.15, -0.1) is 11.8 Å². The zero-order chi connectivity index (χ0) is 21.9. The number of aromatic nitrogens is 1. The smallest absolute Gasteiger partial charge is 0.264 e. The minimum Gasteiger partial charge on any atom is -0.321 e. The predicted molar refractivity (Wildman–Crippen MR) is 117 cm³/mol. The lowest BCUT2D eigenvalue weighted by molar-refractivity contribution is 0.102. The third-order valence-electron chi connectivity index (χ3n) is 4.23. The fourth-order valence-corrected chi connectivity index (χ4v) is 4.35. The summed E-state index contributed by atoms with van der Waals surface area (Å²) >= 11 is 7.60. The third-order valence-corrected chi connectivity index (χ3v) is 7.01. The van der Waals surface area contributed by atoms with Crippen LogP contribution in [0.1, 0.15) is 10.4 Å². The van der Waals surface area contributed by atoms with Crippen molar-refractivity contribution in [2.75, 3.05) is 22.9 Å². The van der Waals surface area contributed by atoms with E-state index in [-0.39, 0.29) is 21.2 Å². The van der Waals surface area contributed by atoms with E-state index >= 15 is 0 Å². The molecule has 1 aromatic heterocycles. The lowest BCUT2D eigenvalue weighted by atomic mass is 10.2. The number of nitrogens with one attached hydrogen (secondary N) is 1. The summed E-state index contributed by atoms with van der Waals surface area (Å²) in [6, 6.07) is 12.3. The Balaban J connectivity index is 1.89. The minimum atomic E-state index is -4.00. The number of rotatable bonds is 6. The van der Waals surface area contributed by atoms with E-state index in [4.69, 9.17) is 11.6 Å². The number of thioether (sulfide) groups is 1. The van der Waals surface area contributed by atoms with E-state index < -0.39 is 21.7 Å². The summed E-state index contributed by atoms with van der Waals surface area (Å²) in [6.45, 7) is 0. The van der Waals surface area contributed by atoms with E-state index in [1.807, 2.05) is 6.26 Å². The van der Waals surface area contributed by atoms with E-state index in [1.165, 1.54) is 67.5 Å². The molecule has 6 nitrogen and oxygen atoms in total. The van der Waals surface area contributed by atoms with Gasteiger partial charge in [-0.2, -0.15) is 0 Å². The van der Waals surface area contributed by atoms with E-state index in [1.54, 1.807) is 12.1 Å². The van der Waals surface area contributed by atoms with Gasteiger partial charge in [-0.05, 0) is 60.9 Å². The molecule has 3 aromatic rings. The Morgan fingerprint density at radius 2 is 1.83 bits per heavy atom. The molecular formula is C20H17ClFN3O3S2. The molecule has 0 aliphatic rings. The van der Waals surface area contributed by atoms with Gasteiger partial charge in [-0.3, -0.25) is 9.10 Å². The first kappa shape index (κ1) is 22.1. The molecule has 0 saturated heterocycles. The van der Waals surface area contributed by atoms with Crippen molar-refractivity contribution < 1.29 is 17.6 Å². The molecule has 10 heteroatoms. The van der Waals surface area contributed by atoms with Gasteiger partial charge < -0.3 is 5.32 Å². The van der Waals surface area contributed by atoms with Crippen LogP contribution in [0.15, 0.2) is 70.7 Å². The van der Waals surface area contributed by atoms with Crippen molar-refractivity contribution in [3.05, 3.63) is 77.2 Å². The number of anilines is 2. The number of carbonyl (C=O) groups excluding carboxylic acids is 1. The van der Waals surface area contributed by atoms with Gasteiger partial charge in [0.15, 0.2) is 0 Å². The summed E-state index contributed by atoms with van der Waals surface area (Å²) in [6.07, 6.45) is 3.38. The van der Waals surface area contributed by atoms with Gasteiger partial charge in [-0.1, -0.05) is 11.6 Å². The molecule has 0 radical (unpaired) electrons. The molecule has 0 atom stereocenters. The quantitative estimate of drug-likeness (QED) is 0.535. The highest BCUT2D eigenvalue weighted by Crippen LogP contribution is 2.26. The van der Waals surface area contributed by atoms with E-state index in [9.17, 15) is 17.6 Å². The largest absolute Gasteiger partial charge is 0.321 e. The molecule has 0 aliphatic carbocycles. The predicted octanol–water partition coefficient (Wildman–Crippen LogP) is 4.67. The van der Waals surface area contributed by atoms with Crippen LogP contribution in [0.25, 0.3) is 0 Å². The van der Waals surface area contributed by atoms with Crippen molar-refractivity contribution in [3.63, 3.8) is 0 Å². The Hall–Kier alpha value is -2.62. The summed E-state index contributed by atoms with van der Waals surface area (Å²) in [5, 5.41) is 3.55. The van der Waals surface area contributed by atoms with Crippen molar-refractivity contribution >= 4 is 50.7 Å². The van der Waals surface area contributed by atoms with Crippen LogP contribution in [0, 0.1) is 5.82 Å². The third kappa shape index (κ3) is 4.75. The normalized spacial score (nSPS) is 11.2. The number of amides is 1. The Morgan fingerprint density at radius 1 is 1.13 bits per heavy atom. The van der Waals surface area contributed by atoms with Crippen LogP contribution >= 0.6 is 23.4 Å². The number of halogens is 2. The van der Waals surface area contributed by atoms with Crippen molar-refractivity contribution in [2.45, 2.75) is 9.92 Å². The number of nitrogens with zero attached hydrogens (tertiary/aromatic N) is 2. The molecule has 1 amide bonds. The topological polar surface area (TPSA) is 79.4 Å². The number of hydrogen-bond donors (Lipinski definition) is 1. The average Bonchev–Trinajstić information content (AvgIpc) is 2.74. The molecule has 0 aliphatic heterocycles. The molecule has 156 valence electrons. The Labute approximate surface area is 183 Å². The summed E-state index contributed by atoms with van der Waals surface area (Å²) < 4.78 is 40.1. The first-order valence-corrected chi connectivity index (χ1v) is 11.6. The molecule has 0 spiro atoms. The van der Waals surface area contributed by atoms with Gasteiger partial charge in [-0.25, -0.2) is 17.8 Å². The number of sulfonamides is 1. The van der Waals surface area contributed by atoms with Crippen LogP contribution in [0.3, 0.4) is 0 Å². The SMILES string of the molecule is CSc1ccc(NC(=O)c2cc(S(=O)(=O)N(C)c3ccc(F)cc3)ccc2Cl)cn1. The minimum absolute atomic E-state index is 0.000749. The van der Waals surface area contributed by atoms with Gasteiger partial charge in [0.2, 0.25) is 0 Å². The van der Waals surface area contributed by atoms with Crippen molar-refractivity contribution in [1.82, 2.24) is 4.98 Å². The molecule has 1 N–H and O–H groups in total. The molecule has 0 fully saturated rings. The molecular weight excluding hydrogens is 449 g/mol. The molecule has 30 heavy (non-hydrogen) atoms. The van der Waals surface area contributed by atoms with Crippen LogP contribution in [0.2, 0.25) is 5.02 Å². The van der Waals surface area contributed by atoms with Crippen LogP contribution in [0.5, 0.6) is 0 Å². The standard InChI is InChI=1S/C20H17ClFN3O3S2/c1-25(15-6-3-13(22)4-7-15)30(27,28)16-8-9-18(21)17(11-16)20(26)24-14-5-10-19(29-2)23-12-14/h3-12H,1-2H3,(H,24,26). The van der Waals surface area contributed by atoms with E-state index in [0.717, 1.165) is 9.33 Å². The maximum atomic E-state index is 13.1. The Kier molecular flexibility index (Phi) is 6.64. The van der Waals surface area contributed by atoms with Crippen LogP contribution in [-0.2, 0) is 10.0 Å². The molecule has 0 unspecified atom stereocenters. The summed E-state index contributed by atoms with van der Waals surface area (Å²) in [5.74, 6) is -1.05. The fourth-order valence-electron chi connectivity index (χ4n) is 2.56. The molecule has 0 bridgehead atoms. The van der Waals surface area contributed by atoms with Gasteiger partial charge in [0.25, 0.3) is 15.9 Å². The number of benzene rings is 2. The highest BCUT2D eigenvalue weighted by molar-refractivity contribution is 7.98. The Morgan fingerprint density at radius 3 is 2.43 bits per heavy atom. The second-order valence-corrected chi connectivity index (χ2v) is 9.34. The molecule has 0 saturated carbocycles. The summed E-state index contributed by atoms with van der Waals surface area (Å²) in [4.78, 5) is 16.7. The molecule has 2 aromatic carbocycles. The first-order valence-electron chi connectivity index (χ1n) is 8.58. The van der Waals surface area contributed by atoms with Crippen molar-refractivity contribution in [3.8, 4) is 0 Å². The van der Waals surface area contributed by atoms with Crippen molar-refractivity contribution in [1.29, 1.82) is 0 Å². The zero-order valence-electron chi connectivity index (χ0n) is 16.0. The fraction of sp³-hybridized carbons (Fsp3) is 0.100. The number of hydrogen-bond acceptors (Lipinski definition) is 5. The van der Waals surface area contributed by atoms with Gasteiger partial charge >= 0.3 is 0 Å². The van der Waals surface area contributed by atoms with Gasteiger partial charge in [0.1, 0.15) is 5.82 Å². The van der Waals surface area contributed by atoms with Gasteiger partial charge in [0, 0.05) is 7.05 Å². The lowest BCUT2D eigenvalue weighted by Gasteiger charge is -2.20. The van der Waals surface area contributed by atoms with Crippen molar-refractivity contribution in [2.24, 2.45) is 0 Å². The van der Waals surface area contributed by atoms with Crippen LogP contribution < -0.4 is 9.62 Å². The first-order chi connectivity index (χ1) is 14.2. The zero-order valence-corrected chi connectivity index (χ0v) is 18.4. The lowest BCUT2D eigenvalue weighted by Crippen LogP contribution is -2.27. The Bertz CT molecular complexity index is 1170.